The molecule has 0 aromatic heterocycles. The standard InChI is InChI=1S/C22H30NOP/c1-4-22(3,18-16-17(2)12-13-20(18)24)25-21-11-7-6-10-19(21)23-14-8-5-9-15-23/h6-7,10-13,16,24-25H,4-5,8-9,14-15H2,1-3H3. The van der Waals surface area contributed by atoms with Crippen molar-refractivity contribution < 1.29 is 5.11 Å². The third kappa shape index (κ3) is 4.01. The number of nitrogens with zero attached hydrogens (tertiary/aromatic N) is 1. The molecule has 2 aromatic carbocycles. The summed E-state index contributed by atoms with van der Waals surface area (Å²) in [5.74, 6) is 0.429. The number of hydrogen-bond donors (Lipinski definition) is 1. The first-order chi connectivity index (χ1) is 12.0. The summed E-state index contributed by atoms with van der Waals surface area (Å²) in [6.45, 7) is 8.97. The Labute approximate surface area is 154 Å². The monoisotopic (exact) mass is 355 g/mol. The fraction of sp³-hybridized carbons (Fsp3) is 0.455. The minimum absolute atomic E-state index is 0.0397. The van der Waals surface area contributed by atoms with Gasteiger partial charge in [0.1, 0.15) is 5.75 Å². The summed E-state index contributed by atoms with van der Waals surface area (Å²) in [6.07, 6.45) is 4.95. The summed E-state index contributed by atoms with van der Waals surface area (Å²) in [5.41, 5.74) is 3.69. The maximum atomic E-state index is 10.5. The summed E-state index contributed by atoms with van der Waals surface area (Å²) < 4.78 is 0. The highest BCUT2D eigenvalue weighted by Gasteiger charge is 2.29. The molecule has 1 fully saturated rings. The van der Waals surface area contributed by atoms with Crippen molar-refractivity contribution in [1.82, 2.24) is 0 Å². The highest BCUT2D eigenvalue weighted by Crippen LogP contribution is 2.48. The van der Waals surface area contributed by atoms with Crippen LogP contribution in [0.25, 0.3) is 0 Å². The zero-order chi connectivity index (χ0) is 17.9. The van der Waals surface area contributed by atoms with E-state index >= 15 is 0 Å². The third-order valence-electron chi connectivity index (χ3n) is 5.46. The van der Waals surface area contributed by atoms with Crippen LogP contribution in [0.5, 0.6) is 5.75 Å². The van der Waals surface area contributed by atoms with E-state index in [1.807, 2.05) is 12.1 Å². The van der Waals surface area contributed by atoms with E-state index in [1.165, 1.54) is 48.9 Å². The quantitative estimate of drug-likeness (QED) is 0.734. The van der Waals surface area contributed by atoms with Crippen LogP contribution in [0, 0.1) is 6.92 Å². The van der Waals surface area contributed by atoms with E-state index < -0.39 is 0 Å². The van der Waals surface area contributed by atoms with Crippen LogP contribution in [0.2, 0.25) is 0 Å². The first-order valence-corrected chi connectivity index (χ1v) is 10.5. The fourth-order valence-electron chi connectivity index (χ4n) is 3.73. The summed E-state index contributed by atoms with van der Waals surface area (Å²) >= 11 is 0. The maximum Gasteiger partial charge on any atom is 0.119 e. The Morgan fingerprint density at radius 3 is 2.52 bits per heavy atom. The SMILES string of the molecule is CCC(C)(Pc1ccccc1N1CCCCC1)c1cc(C)ccc1O. The summed E-state index contributed by atoms with van der Waals surface area (Å²) in [7, 11) is 0.640. The van der Waals surface area contributed by atoms with Gasteiger partial charge in [-0.3, -0.25) is 0 Å². The highest BCUT2D eigenvalue weighted by atomic mass is 31.1. The second-order valence-corrected chi connectivity index (χ2v) is 9.29. The van der Waals surface area contributed by atoms with Crippen LogP contribution < -0.4 is 10.2 Å². The Hall–Kier alpha value is -1.53. The Kier molecular flexibility index (Phi) is 5.69. The van der Waals surface area contributed by atoms with Gasteiger partial charge in [-0.25, -0.2) is 0 Å². The molecule has 1 N–H and O–H groups in total. The number of piperidine rings is 1. The van der Waals surface area contributed by atoms with Gasteiger partial charge in [0, 0.05) is 29.5 Å². The molecule has 3 rings (SSSR count). The molecule has 0 amide bonds. The van der Waals surface area contributed by atoms with Crippen molar-refractivity contribution in [3.8, 4) is 5.75 Å². The minimum atomic E-state index is -0.0397. The number of rotatable bonds is 5. The second-order valence-electron chi connectivity index (χ2n) is 7.40. The van der Waals surface area contributed by atoms with Gasteiger partial charge in [-0.1, -0.05) is 58.3 Å². The lowest BCUT2D eigenvalue weighted by atomic mass is 9.95. The van der Waals surface area contributed by atoms with Crippen LogP contribution in [0.3, 0.4) is 0 Å². The van der Waals surface area contributed by atoms with Gasteiger partial charge >= 0.3 is 0 Å². The maximum absolute atomic E-state index is 10.5. The second kappa shape index (κ2) is 7.79. The molecule has 134 valence electrons. The zero-order valence-electron chi connectivity index (χ0n) is 15.7. The van der Waals surface area contributed by atoms with Crippen LogP contribution in [0.15, 0.2) is 42.5 Å². The molecule has 2 unspecified atom stereocenters. The number of aryl methyl sites for hydroxylation is 1. The lowest BCUT2D eigenvalue weighted by Gasteiger charge is -2.34. The molecular weight excluding hydrogens is 325 g/mol. The van der Waals surface area contributed by atoms with Crippen molar-refractivity contribution in [3.05, 3.63) is 53.6 Å². The normalized spacial score (nSPS) is 17.8. The first kappa shape index (κ1) is 18.3. The topological polar surface area (TPSA) is 23.5 Å². The average molecular weight is 355 g/mol. The van der Waals surface area contributed by atoms with E-state index in [1.54, 1.807) is 0 Å². The molecule has 0 bridgehead atoms. The minimum Gasteiger partial charge on any atom is -0.508 e. The number of aromatic hydroxyl groups is 1. The van der Waals surface area contributed by atoms with Crippen molar-refractivity contribution in [1.29, 1.82) is 0 Å². The van der Waals surface area contributed by atoms with Crippen molar-refractivity contribution in [3.63, 3.8) is 0 Å². The van der Waals surface area contributed by atoms with Crippen molar-refractivity contribution in [2.24, 2.45) is 0 Å². The number of phenols is 1. The third-order valence-corrected chi connectivity index (χ3v) is 7.33. The molecule has 0 radical (unpaired) electrons. The number of benzene rings is 2. The fourth-order valence-corrected chi connectivity index (χ4v) is 5.38. The molecular formula is C22H30NOP. The predicted octanol–water partition coefficient (Wildman–Crippen LogP) is 5.32. The summed E-state index contributed by atoms with van der Waals surface area (Å²) in [5, 5.41) is 11.9. The Morgan fingerprint density at radius 2 is 1.80 bits per heavy atom. The first-order valence-electron chi connectivity index (χ1n) is 9.46. The predicted molar refractivity (Wildman–Crippen MR) is 111 cm³/mol. The van der Waals surface area contributed by atoms with Gasteiger partial charge in [0.2, 0.25) is 0 Å². The van der Waals surface area contributed by atoms with Crippen LogP contribution >= 0.6 is 8.58 Å². The molecule has 1 aliphatic rings. The Balaban J connectivity index is 1.95. The van der Waals surface area contributed by atoms with Crippen LogP contribution in [-0.4, -0.2) is 18.2 Å². The lowest BCUT2D eigenvalue weighted by molar-refractivity contribution is 0.456. The lowest BCUT2D eigenvalue weighted by Crippen LogP contribution is -2.33. The molecule has 0 spiro atoms. The number of anilines is 1. The van der Waals surface area contributed by atoms with Gasteiger partial charge in [0.25, 0.3) is 0 Å². The molecule has 25 heavy (non-hydrogen) atoms. The van der Waals surface area contributed by atoms with E-state index in [2.05, 4.69) is 56.0 Å². The van der Waals surface area contributed by atoms with E-state index in [4.69, 9.17) is 0 Å². The van der Waals surface area contributed by atoms with Gasteiger partial charge in [-0.2, -0.15) is 0 Å². The largest absolute Gasteiger partial charge is 0.508 e. The van der Waals surface area contributed by atoms with Crippen LogP contribution in [-0.2, 0) is 5.16 Å². The summed E-state index contributed by atoms with van der Waals surface area (Å²) in [6, 6.07) is 14.9. The van der Waals surface area contributed by atoms with Crippen molar-refractivity contribution in [2.45, 2.75) is 51.6 Å². The average Bonchev–Trinajstić information content (AvgIpc) is 2.65. The van der Waals surface area contributed by atoms with E-state index in [0.717, 1.165) is 12.0 Å². The number of para-hydroxylation sites is 1. The zero-order valence-corrected chi connectivity index (χ0v) is 16.7. The van der Waals surface area contributed by atoms with Gasteiger partial charge in [0.15, 0.2) is 0 Å². The molecule has 1 aliphatic heterocycles. The van der Waals surface area contributed by atoms with E-state index in [-0.39, 0.29) is 5.16 Å². The Bertz CT molecular complexity index is 724. The van der Waals surface area contributed by atoms with Gasteiger partial charge in [0.05, 0.1) is 0 Å². The van der Waals surface area contributed by atoms with E-state index in [0.29, 0.717) is 14.3 Å². The molecule has 2 nitrogen and oxygen atoms in total. The number of hydrogen-bond acceptors (Lipinski definition) is 2. The van der Waals surface area contributed by atoms with Gasteiger partial charge in [-0.05, 0) is 50.0 Å². The smallest absolute Gasteiger partial charge is 0.119 e. The van der Waals surface area contributed by atoms with Crippen LogP contribution in [0.1, 0.15) is 50.7 Å². The molecule has 1 heterocycles. The van der Waals surface area contributed by atoms with Crippen LogP contribution in [0.4, 0.5) is 5.69 Å². The summed E-state index contributed by atoms with van der Waals surface area (Å²) in [4.78, 5) is 2.55. The molecule has 2 atom stereocenters. The van der Waals surface area contributed by atoms with Crippen molar-refractivity contribution in [2.75, 3.05) is 18.0 Å². The van der Waals surface area contributed by atoms with Crippen molar-refractivity contribution >= 4 is 19.6 Å². The number of phenolic OH excluding ortho intramolecular Hbond substituents is 1. The van der Waals surface area contributed by atoms with Gasteiger partial charge < -0.3 is 10.0 Å². The molecule has 0 saturated carbocycles. The molecule has 1 saturated heterocycles. The molecule has 2 aromatic rings. The highest BCUT2D eigenvalue weighted by molar-refractivity contribution is 7.49. The van der Waals surface area contributed by atoms with E-state index in [9.17, 15) is 5.11 Å². The molecule has 0 aliphatic carbocycles. The Morgan fingerprint density at radius 1 is 1.08 bits per heavy atom. The molecule has 3 heteroatoms. The van der Waals surface area contributed by atoms with Gasteiger partial charge in [-0.15, -0.1) is 0 Å².